The number of halogens is 1. The number of rotatable bonds is 4. The Hall–Kier alpha value is -1.69. The minimum Gasteiger partial charge on any atom is -0.302 e. The van der Waals surface area contributed by atoms with Crippen LogP contribution >= 0.6 is 34.3 Å². The van der Waals surface area contributed by atoms with Crippen LogP contribution in [0.25, 0.3) is 11.3 Å². The zero-order valence-corrected chi connectivity index (χ0v) is 15.1. The van der Waals surface area contributed by atoms with Gasteiger partial charge in [0, 0.05) is 15.8 Å². The van der Waals surface area contributed by atoms with E-state index < -0.39 is 0 Å². The van der Waals surface area contributed by atoms with E-state index in [-0.39, 0.29) is 5.91 Å². The van der Waals surface area contributed by atoms with Crippen molar-refractivity contribution in [3.63, 3.8) is 0 Å². The number of hydrogen-bond donors (Lipinski definition) is 1. The number of hydrogen-bond acceptors (Lipinski definition) is 4. The molecule has 3 aromatic rings. The summed E-state index contributed by atoms with van der Waals surface area (Å²) >= 11 is 8.73. The lowest BCUT2D eigenvalue weighted by Gasteiger charge is -2.03. The van der Waals surface area contributed by atoms with Crippen molar-refractivity contribution in [2.24, 2.45) is 0 Å². The second-order valence-electron chi connectivity index (χ2n) is 5.29. The third kappa shape index (κ3) is 3.99. The van der Waals surface area contributed by atoms with Gasteiger partial charge in [0.25, 0.3) is 0 Å². The van der Waals surface area contributed by atoms with Crippen molar-refractivity contribution < 1.29 is 4.79 Å². The van der Waals surface area contributed by atoms with E-state index in [9.17, 15) is 4.79 Å². The molecule has 6 heteroatoms. The van der Waals surface area contributed by atoms with Crippen LogP contribution in [-0.4, -0.2) is 10.9 Å². The average molecular weight is 363 g/mol. The summed E-state index contributed by atoms with van der Waals surface area (Å²) in [6.45, 7) is 4.14. The summed E-state index contributed by atoms with van der Waals surface area (Å²) in [4.78, 5) is 17.5. The number of nitrogens with one attached hydrogen (secondary N) is 1. The van der Waals surface area contributed by atoms with Crippen LogP contribution in [0.1, 0.15) is 16.0 Å². The second kappa shape index (κ2) is 6.83. The van der Waals surface area contributed by atoms with Crippen LogP contribution < -0.4 is 5.32 Å². The van der Waals surface area contributed by atoms with Gasteiger partial charge in [-0.25, -0.2) is 4.98 Å². The third-order valence-electron chi connectivity index (χ3n) is 3.37. The number of aromatic nitrogens is 1. The maximum Gasteiger partial charge on any atom is 0.231 e. The van der Waals surface area contributed by atoms with Crippen LogP contribution in [0, 0.1) is 13.8 Å². The quantitative estimate of drug-likeness (QED) is 0.682. The van der Waals surface area contributed by atoms with Crippen LogP contribution in [0.5, 0.6) is 0 Å². The number of benzene rings is 1. The molecule has 0 unspecified atom stereocenters. The molecule has 0 spiro atoms. The minimum absolute atomic E-state index is 0.0787. The lowest BCUT2D eigenvalue weighted by atomic mass is 10.0. The Labute approximate surface area is 148 Å². The Morgan fingerprint density at radius 2 is 2.09 bits per heavy atom. The van der Waals surface area contributed by atoms with E-state index in [1.807, 2.05) is 11.4 Å². The van der Waals surface area contributed by atoms with E-state index in [4.69, 9.17) is 11.6 Å². The highest BCUT2D eigenvalue weighted by Crippen LogP contribution is 2.28. The zero-order valence-electron chi connectivity index (χ0n) is 12.7. The molecule has 0 aliphatic carbocycles. The molecule has 0 radical (unpaired) electrons. The molecule has 3 rings (SSSR count). The first-order valence-corrected chi connectivity index (χ1v) is 9.16. The smallest absolute Gasteiger partial charge is 0.231 e. The SMILES string of the molecule is Cc1ccc(-c2csc(NC(=O)Cc3ccc(Cl)s3)n2)c(C)c1. The molecule has 3 nitrogen and oxygen atoms in total. The molecule has 0 fully saturated rings. The van der Waals surface area contributed by atoms with Crippen molar-refractivity contribution >= 4 is 45.3 Å². The number of amides is 1. The number of carbonyl (C=O) groups excluding carboxylic acids is 1. The molecule has 0 saturated carbocycles. The minimum atomic E-state index is -0.0787. The molecule has 1 aromatic carbocycles. The van der Waals surface area contributed by atoms with E-state index in [1.165, 1.54) is 33.8 Å². The van der Waals surface area contributed by atoms with E-state index in [2.05, 4.69) is 42.3 Å². The van der Waals surface area contributed by atoms with Crippen LogP contribution in [-0.2, 0) is 11.2 Å². The second-order valence-corrected chi connectivity index (χ2v) is 7.94. The predicted octanol–water partition coefficient (Wildman–Crippen LogP) is 5.32. The molecule has 0 bridgehead atoms. The predicted molar refractivity (Wildman–Crippen MR) is 98.7 cm³/mol. The summed E-state index contributed by atoms with van der Waals surface area (Å²) in [6.07, 6.45) is 0.315. The van der Waals surface area contributed by atoms with Crippen LogP contribution in [0.3, 0.4) is 0 Å². The van der Waals surface area contributed by atoms with Gasteiger partial charge in [-0.3, -0.25) is 4.79 Å². The lowest BCUT2D eigenvalue weighted by molar-refractivity contribution is -0.115. The van der Waals surface area contributed by atoms with Crippen molar-refractivity contribution in [1.29, 1.82) is 0 Å². The van der Waals surface area contributed by atoms with E-state index >= 15 is 0 Å². The maximum absolute atomic E-state index is 12.1. The number of aryl methyl sites for hydroxylation is 2. The van der Waals surface area contributed by atoms with Gasteiger partial charge in [-0.15, -0.1) is 22.7 Å². The molecular weight excluding hydrogens is 348 g/mol. The molecule has 0 atom stereocenters. The summed E-state index contributed by atoms with van der Waals surface area (Å²) < 4.78 is 0.694. The van der Waals surface area contributed by atoms with Gasteiger partial charge in [0.15, 0.2) is 5.13 Å². The summed E-state index contributed by atoms with van der Waals surface area (Å²) in [6, 6.07) is 9.94. The highest BCUT2D eigenvalue weighted by atomic mass is 35.5. The molecule has 2 heterocycles. The van der Waals surface area contributed by atoms with E-state index in [1.54, 1.807) is 6.07 Å². The van der Waals surface area contributed by atoms with Crippen molar-refractivity contribution in [3.8, 4) is 11.3 Å². The molecule has 1 amide bonds. The Morgan fingerprint density at radius 3 is 2.78 bits per heavy atom. The average Bonchev–Trinajstić information content (AvgIpc) is 3.08. The first kappa shape index (κ1) is 16.2. The number of nitrogens with zero attached hydrogens (tertiary/aromatic N) is 1. The summed E-state index contributed by atoms with van der Waals surface area (Å²) in [5.74, 6) is -0.0787. The summed E-state index contributed by atoms with van der Waals surface area (Å²) in [7, 11) is 0. The fourth-order valence-electron chi connectivity index (χ4n) is 2.32. The first-order chi connectivity index (χ1) is 11.0. The number of thiophene rings is 1. The third-order valence-corrected chi connectivity index (χ3v) is 5.36. The largest absolute Gasteiger partial charge is 0.302 e. The Bertz CT molecular complexity index is 854. The molecule has 23 heavy (non-hydrogen) atoms. The summed E-state index contributed by atoms with van der Waals surface area (Å²) in [5.41, 5.74) is 4.39. The molecule has 0 aliphatic rings. The van der Waals surface area contributed by atoms with Gasteiger partial charge in [-0.2, -0.15) is 0 Å². The number of carbonyl (C=O) groups is 1. The van der Waals surface area contributed by atoms with Gasteiger partial charge in [0.05, 0.1) is 16.5 Å². The standard InChI is InChI=1S/C17H15ClN2OS2/c1-10-3-5-13(11(2)7-10)14-9-22-17(19-14)20-16(21)8-12-4-6-15(18)23-12/h3-7,9H,8H2,1-2H3,(H,19,20,21). The highest BCUT2D eigenvalue weighted by molar-refractivity contribution is 7.16. The number of anilines is 1. The fraction of sp³-hybridized carbons (Fsp3) is 0.176. The lowest BCUT2D eigenvalue weighted by Crippen LogP contribution is -2.13. The van der Waals surface area contributed by atoms with E-state index in [0.29, 0.717) is 15.9 Å². The topological polar surface area (TPSA) is 42.0 Å². The molecular formula is C17H15ClN2OS2. The zero-order chi connectivity index (χ0) is 16.4. The van der Waals surface area contributed by atoms with Gasteiger partial charge in [-0.1, -0.05) is 35.4 Å². The summed E-state index contributed by atoms with van der Waals surface area (Å²) in [5, 5.41) is 5.44. The van der Waals surface area contributed by atoms with Crippen LogP contribution in [0.2, 0.25) is 4.34 Å². The van der Waals surface area contributed by atoms with Gasteiger partial charge >= 0.3 is 0 Å². The Morgan fingerprint density at radius 1 is 1.26 bits per heavy atom. The molecule has 2 aromatic heterocycles. The normalized spacial score (nSPS) is 10.7. The Balaban J connectivity index is 1.70. The highest BCUT2D eigenvalue weighted by Gasteiger charge is 2.11. The maximum atomic E-state index is 12.1. The van der Waals surface area contributed by atoms with Crippen molar-refractivity contribution in [3.05, 3.63) is 56.1 Å². The fourth-order valence-corrected chi connectivity index (χ4v) is 4.14. The van der Waals surface area contributed by atoms with Gasteiger partial charge in [-0.05, 0) is 31.5 Å². The monoisotopic (exact) mass is 362 g/mol. The molecule has 0 aliphatic heterocycles. The number of thiazole rings is 1. The molecule has 0 saturated heterocycles. The van der Waals surface area contributed by atoms with Crippen molar-refractivity contribution in [2.75, 3.05) is 5.32 Å². The van der Waals surface area contributed by atoms with Crippen molar-refractivity contribution in [2.45, 2.75) is 20.3 Å². The van der Waals surface area contributed by atoms with Gasteiger partial charge in [0.1, 0.15) is 0 Å². The molecule has 1 N–H and O–H groups in total. The Kier molecular flexibility index (Phi) is 4.80. The van der Waals surface area contributed by atoms with E-state index in [0.717, 1.165) is 16.1 Å². The van der Waals surface area contributed by atoms with Gasteiger partial charge in [0.2, 0.25) is 5.91 Å². The first-order valence-electron chi connectivity index (χ1n) is 7.08. The van der Waals surface area contributed by atoms with Crippen LogP contribution in [0.4, 0.5) is 5.13 Å². The van der Waals surface area contributed by atoms with Gasteiger partial charge < -0.3 is 5.32 Å². The van der Waals surface area contributed by atoms with Crippen molar-refractivity contribution in [1.82, 2.24) is 4.98 Å². The molecule has 118 valence electrons. The van der Waals surface area contributed by atoms with Crippen LogP contribution in [0.15, 0.2) is 35.7 Å².